The smallest absolute Gasteiger partial charge is 0.329 e. The number of esters is 1. The zero-order chi connectivity index (χ0) is 23.7. The summed E-state index contributed by atoms with van der Waals surface area (Å²) in [4.78, 5) is 54.7. The van der Waals surface area contributed by atoms with Crippen LogP contribution in [0.15, 0.2) is 29.3 Å². The summed E-state index contributed by atoms with van der Waals surface area (Å²) < 4.78 is 5.56. The Bertz CT molecular complexity index is 910. The van der Waals surface area contributed by atoms with E-state index in [1.165, 1.54) is 17.4 Å². The van der Waals surface area contributed by atoms with Gasteiger partial charge in [-0.25, -0.2) is 9.78 Å². The number of hydrogen-bond donors (Lipinski definition) is 4. The highest BCUT2D eigenvalue weighted by atomic mass is 32.1. The molecule has 0 unspecified atom stereocenters. The molecule has 0 spiro atoms. The van der Waals surface area contributed by atoms with E-state index in [2.05, 4.69) is 33.6 Å². The molecule has 1 aliphatic heterocycles. The number of nitrogens with zero attached hydrogens (tertiary/aromatic N) is 1. The van der Waals surface area contributed by atoms with E-state index in [0.717, 1.165) is 0 Å². The molecule has 2 atom stereocenters. The second kappa shape index (κ2) is 12.4. The van der Waals surface area contributed by atoms with Crippen molar-refractivity contribution < 1.29 is 23.9 Å². The molecule has 174 valence electrons. The van der Waals surface area contributed by atoms with Crippen molar-refractivity contribution in [1.82, 2.24) is 20.9 Å². The molecule has 0 saturated heterocycles. The maximum atomic E-state index is 12.9. The summed E-state index contributed by atoms with van der Waals surface area (Å²) in [5.41, 5.74) is 0.125. The van der Waals surface area contributed by atoms with Gasteiger partial charge in [-0.15, -0.1) is 11.3 Å². The summed E-state index contributed by atoms with van der Waals surface area (Å²) in [5.74, 6) is -1.88. The molecule has 9 nitrogen and oxygen atoms in total. The number of fused-ring (bicyclic) bond motifs is 2. The van der Waals surface area contributed by atoms with Crippen molar-refractivity contribution in [3.05, 3.63) is 40.0 Å². The van der Waals surface area contributed by atoms with Gasteiger partial charge in [-0.1, -0.05) is 26.0 Å². The monoisotopic (exact) mass is 480 g/mol. The van der Waals surface area contributed by atoms with Gasteiger partial charge in [0.15, 0.2) is 0 Å². The summed E-state index contributed by atoms with van der Waals surface area (Å²) in [6, 6.07) is -0.975. The molecule has 0 aromatic carbocycles. The Morgan fingerprint density at radius 2 is 2.03 bits per heavy atom. The molecule has 1 aromatic rings. The predicted molar refractivity (Wildman–Crippen MR) is 124 cm³/mol. The number of rotatable bonds is 4. The second-order valence-electron chi connectivity index (χ2n) is 7.37. The first-order chi connectivity index (χ1) is 15.2. The first-order valence-corrected chi connectivity index (χ1v) is 11.7. The molecular formula is C21H28N4O5S2. The van der Waals surface area contributed by atoms with E-state index in [1.54, 1.807) is 38.3 Å². The third kappa shape index (κ3) is 7.49. The van der Waals surface area contributed by atoms with E-state index in [0.29, 0.717) is 17.2 Å². The number of thiazole rings is 1. The van der Waals surface area contributed by atoms with Gasteiger partial charge in [0.05, 0.1) is 13.0 Å². The second-order valence-corrected chi connectivity index (χ2v) is 8.76. The van der Waals surface area contributed by atoms with Crippen molar-refractivity contribution in [3.63, 3.8) is 0 Å². The zero-order valence-corrected chi connectivity index (χ0v) is 19.9. The Balaban J connectivity index is 2.35. The van der Waals surface area contributed by atoms with Crippen LogP contribution >= 0.6 is 24.0 Å². The lowest BCUT2D eigenvalue weighted by Crippen LogP contribution is -2.48. The van der Waals surface area contributed by atoms with Gasteiger partial charge in [-0.05, 0) is 31.1 Å². The lowest BCUT2D eigenvalue weighted by Gasteiger charge is -2.24. The van der Waals surface area contributed by atoms with Crippen LogP contribution in [0.4, 0.5) is 0 Å². The third-order valence-corrected chi connectivity index (χ3v) is 5.62. The van der Waals surface area contributed by atoms with Gasteiger partial charge in [0.2, 0.25) is 5.91 Å². The highest BCUT2D eigenvalue weighted by Gasteiger charge is 2.30. The van der Waals surface area contributed by atoms with E-state index in [1.807, 2.05) is 0 Å². The first kappa shape index (κ1) is 25.6. The van der Waals surface area contributed by atoms with Crippen LogP contribution < -0.4 is 16.0 Å². The molecule has 11 heteroatoms. The number of thiol groups is 1. The Kier molecular flexibility index (Phi) is 9.92. The molecular weight excluding hydrogens is 452 g/mol. The van der Waals surface area contributed by atoms with Crippen LogP contribution in [0.5, 0.6) is 0 Å². The number of amides is 3. The van der Waals surface area contributed by atoms with Crippen LogP contribution in [0.3, 0.4) is 0 Å². The highest BCUT2D eigenvalue weighted by Crippen LogP contribution is 2.13. The molecule has 2 heterocycles. The number of carbonyl (C=O) groups excluding carboxylic acids is 4. The Morgan fingerprint density at radius 1 is 1.28 bits per heavy atom. The minimum Gasteiger partial charge on any atom is -0.456 e. The minimum absolute atomic E-state index is 0.00591. The fourth-order valence-corrected chi connectivity index (χ4v) is 3.65. The maximum Gasteiger partial charge on any atom is 0.329 e. The molecule has 0 radical (unpaired) electrons. The van der Waals surface area contributed by atoms with Gasteiger partial charge >= 0.3 is 5.97 Å². The number of aromatic nitrogens is 1. The topological polar surface area (TPSA) is 126 Å². The lowest BCUT2D eigenvalue weighted by atomic mass is 10.0. The summed E-state index contributed by atoms with van der Waals surface area (Å²) in [6.07, 6.45) is 4.63. The summed E-state index contributed by atoms with van der Waals surface area (Å²) in [5, 5.41) is 9.94. The number of ether oxygens (including phenoxy) is 1. The molecule has 32 heavy (non-hydrogen) atoms. The van der Waals surface area contributed by atoms with Gasteiger partial charge in [0.25, 0.3) is 11.8 Å². The van der Waals surface area contributed by atoms with Crippen LogP contribution in [0.1, 0.15) is 49.1 Å². The number of carbonyl (C=O) groups is 4. The quantitative estimate of drug-likeness (QED) is 0.225. The van der Waals surface area contributed by atoms with Gasteiger partial charge in [-0.2, -0.15) is 12.6 Å². The summed E-state index contributed by atoms with van der Waals surface area (Å²) in [6.45, 7) is 5.24. The molecule has 1 aliphatic rings. The average Bonchev–Trinajstić information content (AvgIpc) is 3.22. The normalized spacial score (nSPS) is 22.6. The Morgan fingerprint density at radius 3 is 2.69 bits per heavy atom. The van der Waals surface area contributed by atoms with E-state index >= 15 is 0 Å². The number of hydrogen-bond acceptors (Lipinski definition) is 8. The molecule has 2 bridgehead atoms. The van der Waals surface area contributed by atoms with E-state index < -0.39 is 29.9 Å². The number of nitrogens with one attached hydrogen (secondary N) is 3. The first-order valence-electron chi connectivity index (χ1n) is 10.2. The van der Waals surface area contributed by atoms with Crippen LogP contribution in [-0.2, 0) is 25.7 Å². The summed E-state index contributed by atoms with van der Waals surface area (Å²) >= 11 is 5.36. The molecule has 0 saturated carbocycles. The minimum atomic E-state index is -0.975. The standard InChI is InChI=1S/C21H28N4O5S2/c1-4-14-19(27)25-18(12(2)3)21(29)30-13(7-5-6-8-31)9-16(26)22-10-17-23-15(11-32-17)20(28)24-14/h4-5,7,11-13,18,31H,6,8-10H2,1-3H3,(H,22,26)(H,24,28)(H,25,27)/t13-,18+/m1/s1. The van der Waals surface area contributed by atoms with Gasteiger partial charge in [0, 0.05) is 5.38 Å². The molecule has 3 N–H and O–H groups in total. The number of allylic oxidation sites excluding steroid dienone is 2. The highest BCUT2D eigenvalue weighted by molar-refractivity contribution is 7.80. The SMILES string of the molecule is CC=C1NC(=O)c2csc(n2)CNC(=O)C[C@@H](C=CCCS)OC(=O)[C@H](C(C)C)NC1=O. The van der Waals surface area contributed by atoms with Crippen molar-refractivity contribution in [1.29, 1.82) is 0 Å². The van der Waals surface area contributed by atoms with Gasteiger partial charge < -0.3 is 20.7 Å². The maximum absolute atomic E-state index is 12.9. The Labute approximate surface area is 196 Å². The third-order valence-electron chi connectivity index (χ3n) is 4.51. The average molecular weight is 481 g/mol. The van der Waals surface area contributed by atoms with E-state index in [-0.39, 0.29) is 36.2 Å². The van der Waals surface area contributed by atoms with Crippen LogP contribution in [0.2, 0.25) is 0 Å². The fourth-order valence-electron chi connectivity index (χ4n) is 2.78. The fraction of sp³-hybridized carbons (Fsp3) is 0.476. The largest absolute Gasteiger partial charge is 0.456 e. The lowest BCUT2D eigenvalue weighted by molar-refractivity contribution is -0.153. The van der Waals surface area contributed by atoms with Crippen LogP contribution in [-0.4, -0.2) is 46.6 Å². The van der Waals surface area contributed by atoms with Crippen molar-refractivity contribution in [3.8, 4) is 0 Å². The van der Waals surface area contributed by atoms with E-state index in [9.17, 15) is 19.2 Å². The molecule has 3 amide bonds. The van der Waals surface area contributed by atoms with Crippen LogP contribution in [0, 0.1) is 5.92 Å². The molecule has 1 aromatic heterocycles. The van der Waals surface area contributed by atoms with Gasteiger partial charge in [-0.3, -0.25) is 14.4 Å². The predicted octanol–water partition coefficient (Wildman–Crippen LogP) is 1.73. The van der Waals surface area contributed by atoms with E-state index in [4.69, 9.17) is 4.74 Å². The van der Waals surface area contributed by atoms with Crippen LogP contribution in [0.25, 0.3) is 0 Å². The van der Waals surface area contributed by atoms with Crippen molar-refractivity contribution >= 4 is 47.7 Å². The summed E-state index contributed by atoms with van der Waals surface area (Å²) in [7, 11) is 0. The molecule has 0 aliphatic carbocycles. The van der Waals surface area contributed by atoms with Crippen molar-refractivity contribution in [2.45, 2.75) is 52.3 Å². The van der Waals surface area contributed by atoms with Crippen molar-refractivity contribution in [2.75, 3.05) is 5.75 Å². The molecule has 0 fully saturated rings. The molecule has 2 rings (SSSR count). The number of cyclic esters (lactones) is 1. The van der Waals surface area contributed by atoms with Crippen molar-refractivity contribution in [2.24, 2.45) is 5.92 Å². The van der Waals surface area contributed by atoms with Gasteiger partial charge in [0.1, 0.15) is 28.5 Å². The Hall–Kier alpha value is -2.66. The zero-order valence-electron chi connectivity index (χ0n) is 18.2.